The van der Waals surface area contributed by atoms with Crippen LogP contribution in [0.15, 0.2) is 58.6 Å². The molecule has 28 heavy (non-hydrogen) atoms. The van der Waals surface area contributed by atoms with Gasteiger partial charge in [0.15, 0.2) is 0 Å². The van der Waals surface area contributed by atoms with Crippen molar-refractivity contribution in [1.29, 1.82) is 0 Å². The number of piperidine rings is 1. The average Bonchev–Trinajstić information content (AvgIpc) is 2.67. The summed E-state index contributed by atoms with van der Waals surface area (Å²) in [5.74, 6) is 0.785. The van der Waals surface area contributed by atoms with Crippen molar-refractivity contribution >= 4 is 33.4 Å². The number of rotatable bonds is 6. The molecule has 2 heterocycles. The molecule has 1 amide bonds. The van der Waals surface area contributed by atoms with Gasteiger partial charge in [-0.25, -0.2) is 13.4 Å². The van der Waals surface area contributed by atoms with Crippen LogP contribution in [0.4, 0.5) is 5.69 Å². The number of hydrogen-bond acceptors (Lipinski definition) is 5. The zero-order chi connectivity index (χ0) is 20.1. The van der Waals surface area contributed by atoms with Crippen LogP contribution in [0.5, 0.6) is 0 Å². The van der Waals surface area contributed by atoms with Crippen LogP contribution in [0.2, 0.25) is 0 Å². The number of nitrogens with one attached hydrogen (secondary N) is 1. The number of sulfonamides is 1. The maximum Gasteiger partial charge on any atom is 0.243 e. The van der Waals surface area contributed by atoms with Crippen molar-refractivity contribution in [2.24, 2.45) is 11.8 Å². The second kappa shape index (κ2) is 9.07. The SMILES string of the molecule is C[C@H]1C[C@H](C)CN(S(=O)(=O)c2ccc(NC(=O)CSc3ccccn3)cc2)C1. The van der Waals surface area contributed by atoms with Crippen molar-refractivity contribution in [3.63, 3.8) is 0 Å². The highest BCUT2D eigenvalue weighted by molar-refractivity contribution is 7.99. The molecule has 0 bridgehead atoms. The van der Waals surface area contributed by atoms with E-state index in [0.717, 1.165) is 11.4 Å². The summed E-state index contributed by atoms with van der Waals surface area (Å²) in [7, 11) is -3.51. The van der Waals surface area contributed by atoms with Crippen molar-refractivity contribution in [1.82, 2.24) is 9.29 Å². The molecule has 1 aliphatic rings. The predicted molar refractivity (Wildman–Crippen MR) is 112 cm³/mol. The Hall–Kier alpha value is -1.90. The molecule has 3 rings (SSSR count). The largest absolute Gasteiger partial charge is 0.325 e. The highest BCUT2D eigenvalue weighted by Gasteiger charge is 2.31. The number of thioether (sulfide) groups is 1. The molecule has 0 unspecified atom stereocenters. The number of anilines is 1. The molecule has 150 valence electrons. The molecule has 1 aliphatic heterocycles. The lowest BCUT2D eigenvalue weighted by atomic mass is 9.94. The lowest BCUT2D eigenvalue weighted by Crippen LogP contribution is -2.42. The van der Waals surface area contributed by atoms with E-state index in [1.807, 2.05) is 18.2 Å². The van der Waals surface area contributed by atoms with Crippen LogP contribution in [0.25, 0.3) is 0 Å². The van der Waals surface area contributed by atoms with Crippen molar-refractivity contribution in [2.75, 3.05) is 24.2 Å². The second-order valence-electron chi connectivity index (χ2n) is 7.30. The van der Waals surface area contributed by atoms with E-state index in [4.69, 9.17) is 0 Å². The van der Waals surface area contributed by atoms with Gasteiger partial charge in [-0.3, -0.25) is 4.79 Å². The molecule has 1 aromatic heterocycles. The van der Waals surface area contributed by atoms with Gasteiger partial charge in [-0.05, 0) is 54.7 Å². The van der Waals surface area contributed by atoms with Gasteiger partial charge in [-0.2, -0.15) is 4.31 Å². The van der Waals surface area contributed by atoms with Crippen LogP contribution in [0, 0.1) is 11.8 Å². The molecule has 1 aromatic carbocycles. The average molecular weight is 420 g/mol. The third-order valence-electron chi connectivity index (χ3n) is 4.60. The van der Waals surface area contributed by atoms with Gasteiger partial charge in [0, 0.05) is 25.0 Å². The molecule has 1 saturated heterocycles. The number of nitrogens with zero attached hydrogens (tertiary/aromatic N) is 2. The summed E-state index contributed by atoms with van der Waals surface area (Å²) in [4.78, 5) is 16.5. The van der Waals surface area contributed by atoms with Gasteiger partial charge in [-0.1, -0.05) is 31.7 Å². The lowest BCUT2D eigenvalue weighted by Gasteiger charge is -2.34. The number of carbonyl (C=O) groups is 1. The number of pyridine rings is 1. The van der Waals surface area contributed by atoms with Crippen LogP contribution in [-0.4, -0.2) is 42.5 Å². The molecular weight excluding hydrogens is 394 g/mol. The van der Waals surface area contributed by atoms with Crippen molar-refractivity contribution in [3.05, 3.63) is 48.7 Å². The first-order chi connectivity index (χ1) is 13.3. The predicted octanol–water partition coefficient (Wildman–Crippen LogP) is 3.48. The fourth-order valence-electron chi connectivity index (χ4n) is 3.43. The van der Waals surface area contributed by atoms with Gasteiger partial charge < -0.3 is 5.32 Å². The highest BCUT2D eigenvalue weighted by Crippen LogP contribution is 2.27. The standard InChI is InChI=1S/C20H25N3O3S2/c1-15-11-16(2)13-23(12-15)28(25,26)18-8-6-17(7-9-18)22-19(24)14-27-20-5-3-4-10-21-20/h3-10,15-16H,11-14H2,1-2H3,(H,22,24)/t15-,16-/m0/s1. The quantitative estimate of drug-likeness (QED) is 0.725. The zero-order valence-corrected chi connectivity index (χ0v) is 17.7. The maximum absolute atomic E-state index is 12.9. The third kappa shape index (κ3) is 5.33. The van der Waals surface area contributed by atoms with E-state index in [1.54, 1.807) is 34.8 Å². The monoisotopic (exact) mass is 419 g/mol. The Labute approximate surface area is 170 Å². The number of amides is 1. The maximum atomic E-state index is 12.9. The van der Waals surface area contributed by atoms with Crippen LogP contribution < -0.4 is 5.32 Å². The van der Waals surface area contributed by atoms with Crippen LogP contribution in [0.1, 0.15) is 20.3 Å². The summed E-state index contributed by atoms with van der Waals surface area (Å²) in [6.45, 7) is 5.27. The molecule has 0 aliphatic carbocycles. The van der Waals surface area contributed by atoms with E-state index in [0.29, 0.717) is 30.6 Å². The molecule has 6 nitrogen and oxygen atoms in total. The summed E-state index contributed by atoms with van der Waals surface area (Å²) in [6.07, 6.45) is 2.73. The number of benzene rings is 1. The first kappa shape index (κ1) is 20.8. The summed E-state index contributed by atoms with van der Waals surface area (Å²) in [6, 6.07) is 11.9. The molecule has 8 heteroatoms. The summed E-state index contributed by atoms with van der Waals surface area (Å²) >= 11 is 1.35. The minimum atomic E-state index is -3.51. The van der Waals surface area contributed by atoms with Crippen molar-refractivity contribution in [3.8, 4) is 0 Å². The Kier molecular flexibility index (Phi) is 6.74. The van der Waals surface area contributed by atoms with E-state index in [2.05, 4.69) is 24.1 Å². The summed E-state index contributed by atoms with van der Waals surface area (Å²) in [5.41, 5.74) is 0.575. The molecular formula is C20H25N3O3S2. The van der Waals surface area contributed by atoms with Gasteiger partial charge in [-0.15, -0.1) is 0 Å². The second-order valence-corrected chi connectivity index (χ2v) is 10.2. The van der Waals surface area contributed by atoms with E-state index >= 15 is 0 Å². The van der Waals surface area contributed by atoms with E-state index in [9.17, 15) is 13.2 Å². The van der Waals surface area contributed by atoms with Crippen LogP contribution in [0.3, 0.4) is 0 Å². The van der Waals surface area contributed by atoms with Gasteiger partial charge in [0.1, 0.15) is 0 Å². The zero-order valence-electron chi connectivity index (χ0n) is 16.0. The molecule has 2 aromatic rings. The third-order valence-corrected chi connectivity index (χ3v) is 7.39. The van der Waals surface area contributed by atoms with Gasteiger partial charge in [0.25, 0.3) is 0 Å². The minimum Gasteiger partial charge on any atom is -0.325 e. The highest BCUT2D eigenvalue weighted by atomic mass is 32.2. The van der Waals surface area contributed by atoms with Crippen molar-refractivity contribution < 1.29 is 13.2 Å². The molecule has 0 radical (unpaired) electrons. The smallest absolute Gasteiger partial charge is 0.243 e. The minimum absolute atomic E-state index is 0.162. The Bertz CT molecular complexity index is 892. The first-order valence-corrected chi connectivity index (χ1v) is 11.7. The van der Waals surface area contributed by atoms with Gasteiger partial charge >= 0.3 is 0 Å². The Morgan fingerprint density at radius 3 is 2.43 bits per heavy atom. The molecule has 1 N–H and O–H groups in total. The topological polar surface area (TPSA) is 79.4 Å². The fourth-order valence-corrected chi connectivity index (χ4v) is 5.77. The number of hydrogen-bond donors (Lipinski definition) is 1. The van der Waals surface area contributed by atoms with Gasteiger partial charge in [0.2, 0.25) is 15.9 Å². The van der Waals surface area contributed by atoms with Gasteiger partial charge in [0.05, 0.1) is 15.7 Å². The number of carbonyl (C=O) groups excluding carboxylic acids is 1. The van der Waals surface area contributed by atoms with Crippen LogP contribution in [-0.2, 0) is 14.8 Å². The Balaban J connectivity index is 1.60. The summed E-state index contributed by atoms with van der Waals surface area (Å²) < 4.78 is 27.4. The summed E-state index contributed by atoms with van der Waals surface area (Å²) in [5, 5.41) is 3.57. The molecule has 1 fully saturated rings. The van der Waals surface area contributed by atoms with E-state index in [1.165, 1.54) is 11.8 Å². The fraction of sp³-hybridized carbons (Fsp3) is 0.400. The molecule has 2 atom stereocenters. The van der Waals surface area contributed by atoms with Crippen LogP contribution >= 0.6 is 11.8 Å². The van der Waals surface area contributed by atoms with Crippen molar-refractivity contribution in [2.45, 2.75) is 30.2 Å². The first-order valence-electron chi connectivity index (χ1n) is 9.28. The Morgan fingerprint density at radius 1 is 1.14 bits per heavy atom. The number of aromatic nitrogens is 1. The Morgan fingerprint density at radius 2 is 1.82 bits per heavy atom. The molecule has 0 spiro atoms. The van der Waals surface area contributed by atoms with E-state index in [-0.39, 0.29) is 16.6 Å². The normalized spacial score (nSPS) is 20.6. The van der Waals surface area contributed by atoms with E-state index < -0.39 is 10.0 Å². The molecule has 0 saturated carbocycles. The lowest BCUT2D eigenvalue weighted by molar-refractivity contribution is -0.113.